The third-order valence-corrected chi connectivity index (χ3v) is 3.33. The number of likely N-dealkylation sites (tertiary alicyclic amines) is 1. The van der Waals surface area contributed by atoms with E-state index < -0.39 is 5.97 Å². The fourth-order valence-corrected chi connectivity index (χ4v) is 2.20. The van der Waals surface area contributed by atoms with Crippen LogP contribution in [-0.4, -0.2) is 54.2 Å². The largest absolute Gasteiger partial charge is 0.476 e. The van der Waals surface area contributed by atoms with Gasteiger partial charge >= 0.3 is 5.97 Å². The zero-order valence-corrected chi connectivity index (χ0v) is 11.7. The van der Waals surface area contributed by atoms with Gasteiger partial charge in [-0.25, -0.2) is 9.78 Å². The Balaban J connectivity index is 2.03. The van der Waals surface area contributed by atoms with Crippen LogP contribution in [0.1, 0.15) is 23.5 Å². The molecule has 7 heteroatoms. The number of rotatable bonds is 4. The third kappa shape index (κ3) is 3.54. The molecule has 1 aliphatic heterocycles. The summed E-state index contributed by atoms with van der Waals surface area (Å²) in [5.74, 6) is -0.434. The summed E-state index contributed by atoms with van der Waals surface area (Å²) in [6, 6.07) is 1.86. The van der Waals surface area contributed by atoms with E-state index in [1.807, 2.05) is 0 Å². The van der Waals surface area contributed by atoms with Crippen LogP contribution in [0.5, 0.6) is 5.88 Å². The van der Waals surface area contributed by atoms with Crippen molar-refractivity contribution in [2.75, 3.05) is 27.3 Å². The third-order valence-electron chi connectivity index (χ3n) is 3.13. The quantitative estimate of drug-likeness (QED) is 0.615. The van der Waals surface area contributed by atoms with Crippen LogP contribution in [0.2, 0.25) is 5.15 Å². The van der Waals surface area contributed by atoms with Gasteiger partial charge in [0.25, 0.3) is 0 Å². The fourth-order valence-electron chi connectivity index (χ4n) is 2.02. The highest BCUT2D eigenvalue weighted by molar-refractivity contribution is 6.29. The maximum Gasteiger partial charge on any atom is 0.376 e. The molecule has 0 aromatic carbocycles. The lowest BCUT2D eigenvalue weighted by Crippen LogP contribution is -2.30. The first-order chi connectivity index (χ1) is 9.10. The number of carbonyl (C=O) groups excluding carboxylic acids is 1. The smallest absolute Gasteiger partial charge is 0.376 e. The van der Waals surface area contributed by atoms with E-state index >= 15 is 0 Å². The molecule has 1 aromatic heterocycles. The van der Waals surface area contributed by atoms with Crippen molar-refractivity contribution in [3.05, 3.63) is 17.0 Å². The summed E-state index contributed by atoms with van der Waals surface area (Å²) in [7, 11) is 3.33. The van der Waals surface area contributed by atoms with Gasteiger partial charge in [0, 0.05) is 12.1 Å². The molecule has 0 amide bonds. The SMILES string of the molecule is COC(=O)c1nc(Cl)cc(OC[C@@H]2CCCN2C)n1. The van der Waals surface area contributed by atoms with Gasteiger partial charge in [-0.05, 0) is 26.4 Å². The molecule has 1 fully saturated rings. The summed E-state index contributed by atoms with van der Waals surface area (Å²) in [5.41, 5.74) is 0. The molecule has 1 atom stereocenters. The molecule has 0 radical (unpaired) electrons. The summed E-state index contributed by atoms with van der Waals surface area (Å²) in [6.45, 7) is 1.59. The molecule has 2 rings (SSSR count). The van der Waals surface area contributed by atoms with Crippen LogP contribution < -0.4 is 4.74 Å². The minimum Gasteiger partial charge on any atom is -0.476 e. The zero-order valence-electron chi connectivity index (χ0n) is 10.9. The van der Waals surface area contributed by atoms with Gasteiger partial charge in [-0.15, -0.1) is 0 Å². The van der Waals surface area contributed by atoms with Gasteiger partial charge in [0.15, 0.2) is 0 Å². The Morgan fingerprint density at radius 2 is 2.37 bits per heavy atom. The van der Waals surface area contributed by atoms with Gasteiger partial charge in [-0.2, -0.15) is 4.98 Å². The number of likely N-dealkylation sites (N-methyl/N-ethyl adjacent to an activating group) is 1. The Kier molecular flexibility index (Phi) is 4.55. The molecule has 0 bridgehead atoms. The summed E-state index contributed by atoms with van der Waals surface area (Å²) in [4.78, 5) is 21.4. The van der Waals surface area contributed by atoms with Crippen LogP contribution in [0.15, 0.2) is 6.07 Å². The second-order valence-corrected chi connectivity index (χ2v) is 4.82. The van der Waals surface area contributed by atoms with Crippen molar-refractivity contribution in [3.63, 3.8) is 0 Å². The summed E-state index contributed by atoms with van der Waals surface area (Å²) < 4.78 is 10.1. The predicted octanol–water partition coefficient (Wildman–Crippen LogP) is 1.39. The predicted molar refractivity (Wildman–Crippen MR) is 69.5 cm³/mol. The molecule has 0 aliphatic carbocycles. The Morgan fingerprint density at radius 3 is 3.00 bits per heavy atom. The molecule has 1 saturated heterocycles. The first-order valence-electron chi connectivity index (χ1n) is 6.06. The van der Waals surface area contributed by atoms with E-state index in [-0.39, 0.29) is 11.0 Å². The molecule has 19 heavy (non-hydrogen) atoms. The summed E-state index contributed by atoms with van der Waals surface area (Å²) in [6.07, 6.45) is 2.27. The van der Waals surface area contributed by atoms with Gasteiger partial charge in [-0.1, -0.05) is 11.6 Å². The van der Waals surface area contributed by atoms with E-state index in [9.17, 15) is 4.79 Å². The molecule has 104 valence electrons. The van der Waals surface area contributed by atoms with E-state index in [4.69, 9.17) is 16.3 Å². The molecule has 0 unspecified atom stereocenters. The Hall–Kier alpha value is -1.40. The number of carbonyl (C=O) groups is 1. The minimum absolute atomic E-state index is 0.0928. The highest BCUT2D eigenvalue weighted by atomic mass is 35.5. The average molecular weight is 286 g/mol. The van der Waals surface area contributed by atoms with Crippen molar-refractivity contribution in [2.24, 2.45) is 0 Å². The van der Waals surface area contributed by atoms with Gasteiger partial charge in [0.2, 0.25) is 11.7 Å². The monoisotopic (exact) mass is 285 g/mol. The van der Waals surface area contributed by atoms with E-state index in [0.717, 1.165) is 13.0 Å². The number of halogens is 1. The fraction of sp³-hybridized carbons (Fsp3) is 0.583. The van der Waals surface area contributed by atoms with Crippen molar-refractivity contribution in [1.82, 2.24) is 14.9 Å². The Morgan fingerprint density at radius 1 is 1.58 bits per heavy atom. The second-order valence-electron chi connectivity index (χ2n) is 4.43. The highest BCUT2D eigenvalue weighted by Gasteiger charge is 2.22. The zero-order chi connectivity index (χ0) is 13.8. The lowest BCUT2D eigenvalue weighted by molar-refractivity contribution is 0.0584. The van der Waals surface area contributed by atoms with E-state index in [1.165, 1.54) is 19.6 Å². The Labute approximate surface area is 116 Å². The molecular weight excluding hydrogens is 270 g/mol. The number of methoxy groups -OCH3 is 1. The molecule has 1 aromatic rings. The maximum absolute atomic E-state index is 11.4. The van der Waals surface area contributed by atoms with Crippen LogP contribution in [-0.2, 0) is 4.74 Å². The minimum atomic E-state index is -0.634. The first kappa shape index (κ1) is 14.0. The number of nitrogens with zero attached hydrogens (tertiary/aromatic N) is 3. The number of esters is 1. The standard InChI is InChI=1S/C12H16ClN3O3/c1-16-5-3-4-8(16)7-19-10-6-9(13)14-11(15-10)12(17)18-2/h6,8H,3-5,7H2,1-2H3/t8-/m0/s1. The molecule has 1 aliphatic rings. The van der Waals surface area contributed by atoms with E-state index in [1.54, 1.807) is 0 Å². The molecule has 2 heterocycles. The van der Waals surface area contributed by atoms with Crippen molar-refractivity contribution < 1.29 is 14.3 Å². The molecule has 0 saturated carbocycles. The molecular formula is C12H16ClN3O3. The van der Waals surface area contributed by atoms with Crippen LogP contribution in [0, 0.1) is 0 Å². The van der Waals surface area contributed by atoms with Crippen LogP contribution >= 0.6 is 11.6 Å². The Bertz CT molecular complexity index is 470. The van der Waals surface area contributed by atoms with E-state index in [2.05, 4.69) is 26.7 Å². The average Bonchev–Trinajstić information content (AvgIpc) is 2.80. The lowest BCUT2D eigenvalue weighted by atomic mass is 10.2. The topological polar surface area (TPSA) is 64.6 Å². The maximum atomic E-state index is 11.4. The van der Waals surface area contributed by atoms with Crippen molar-refractivity contribution >= 4 is 17.6 Å². The summed E-state index contributed by atoms with van der Waals surface area (Å²) in [5, 5.41) is 0.158. The van der Waals surface area contributed by atoms with Gasteiger partial charge < -0.3 is 14.4 Å². The lowest BCUT2D eigenvalue weighted by Gasteiger charge is -2.19. The second kappa shape index (κ2) is 6.16. The van der Waals surface area contributed by atoms with Crippen molar-refractivity contribution in [2.45, 2.75) is 18.9 Å². The highest BCUT2D eigenvalue weighted by Crippen LogP contribution is 2.18. The number of aromatic nitrogens is 2. The molecule has 0 N–H and O–H groups in total. The van der Waals surface area contributed by atoms with Crippen LogP contribution in [0.25, 0.3) is 0 Å². The number of ether oxygens (including phenoxy) is 2. The van der Waals surface area contributed by atoms with Crippen LogP contribution in [0.3, 0.4) is 0 Å². The molecule has 6 nitrogen and oxygen atoms in total. The first-order valence-corrected chi connectivity index (χ1v) is 6.44. The van der Waals surface area contributed by atoms with Crippen molar-refractivity contribution in [3.8, 4) is 5.88 Å². The van der Waals surface area contributed by atoms with Gasteiger partial charge in [-0.3, -0.25) is 0 Å². The molecule has 0 spiro atoms. The normalized spacial score (nSPS) is 19.4. The summed E-state index contributed by atoms with van der Waals surface area (Å²) >= 11 is 5.83. The van der Waals surface area contributed by atoms with Gasteiger partial charge in [0.05, 0.1) is 7.11 Å². The van der Waals surface area contributed by atoms with Gasteiger partial charge in [0.1, 0.15) is 11.8 Å². The number of hydrogen-bond donors (Lipinski definition) is 0. The van der Waals surface area contributed by atoms with E-state index in [0.29, 0.717) is 18.5 Å². The van der Waals surface area contributed by atoms with Crippen LogP contribution in [0.4, 0.5) is 0 Å². The number of hydrogen-bond acceptors (Lipinski definition) is 6. The van der Waals surface area contributed by atoms with Crippen molar-refractivity contribution in [1.29, 1.82) is 0 Å².